The normalized spacial score (nSPS) is 10.7. The van der Waals surface area contributed by atoms with Crippen molar-refractivity contribution in [2.45, 2.75) is 20.0 Å². The van der Waals surface area contributed by atoms with Crippen LogP contribution in [-0.2, 0) is 17.8 Å². The van der Waals surface area contributed by atoms with E-state index in [0.29, 0.717) is 5.69 Å². The summed E-state index contributed by atoms with van der Waals surface area (Å²) in [4.78, 5) is 16.3. The number of aryl methyl sites for hydroxylation is 1. The van der Waals surface area contributed by atoms with Crippen molar-refractivity contribution >= 4 is 17.3 Å². The van der Waals surface area contributed by atoms with Crippen molar-refractivity contribution in [2.75, 3.05) is 0 Å². The molecule has 0 saturated heterocycles. The monoisotopic (exact) mass is 331 g/mol. The predicted molar refractivity (Wildman–Crippen MR) is 84.1 cm³/mol. The number of halogens is 1. The number of carbonyl (C=O) groups excluding carboxylic acids is 1. The number of esters is 1. The summed E-state index contributed by atoms with van der Waals surface area (Å²) in [5.74, 6) is -0.976. The summed E-state index contributed by atoms with van der Waals surface area (Å²) in [6.07, 6.45) is 2.37. The second kappa shape index (κ2) is 6.70. The van der Waals surface area contributed by atoms with Gasteiger partial charge in [-0.3, -0.25) is 0 Å². The summed E-state index contributed by atoms with van der Waals surface area (Å²) >= 11 is 1.54. The Kier molecular flexibility index (Phi) is 4.47. The average Bonchev–Trinajstić information content (AvgIpc) is 3.22. The molecule has 7 heteroatoms. The minimum absolute atomic E-state index is 0.0991. The van der Waals surface area contributed by atoms with E-state index in [9.17, 15) is 9.18 Å². The molecule has 0 unspecified atom stereocenters. The molecule has 3 rings (SSSR count). The third-order valence-electron chi connectivity index (χ3n) is 3.15. The van der Waals surface area contributed by atoms with Gasteiger partial charge in [0, 0.05) is 11.6 Å². The van der Waals surface area contributed by atoms with Gasteiger partial charge in [0.05, 0.1) is 10.7 Å². The number of rotatable bonds is 5. The smallest absolute Gasteiger partial charge is 0.359 e. The average molecular weight is 331 g/mol. The fourth-order valence-electron chi connectivity index (χ4n) is 2.00. The van der Waals surface area contributed by atoms with E-state index >= 15 is 0 Å². The number of nitrogens with zero attached hydrogens (tertiary/aromatic N) is 3. The number of aromatic nitrogens is 3. The highest BCUT2D eigenvalue weighted by atomic mass is 32.1. The molecule has 0 spiro atoms. The zero-order valence-electron chi connectivity index (χ0n) is 12.4. The molecule has 23 heavy (non-hydrogen) atoms. The van der Waals surface area contributed by atoms with Crippen LogP contribution in [0.1, 0.15) is 28.1 Å². The van der Waals surface area contributed by atoms with Crippen LogP contribution in [0.2, 0.25) is 0 Å². The molecule has 0 radical (unpaired) electrons. The number of hydrogen-bond donors (Lipinski definition) is 0. The largest absolute Gasteiger partial charge is 0.454 e. The van der Waals surface area contributed by atoms with Gasteiger partial charge in [-0.25, -0.2) is 18.9 Å². The number of carbonyl (C=O) groups is 1. The summed E-state index contributed by atoms with van der Waals surface area (Å²) in [6.45, 7) is 2.12. The minimum Gasteiger partial charge on any atom is -0.454 e. The van der Waals surface area contributed by atoms with Crippen LogP contribution in [0.4, 0.5) is 4.39 Å². The molecule has 5 nitrogen and oxygen atoms in total. The van der Waals surface area contributed by atoms with Crippen LogP contribution >= 0.6 is 11.3 Å². The number of para-hydroxylation sites is 1. The molecule has 118 valence electrons. The summed E-state index contributed by atoms with van der Waals surface area (Å²) in [6, 6.07) is 7.70. The van der Waals surface area contributed by atoms with Gasteiger partial charge in [0.1, 0.15) is 18.1 Å². The molecule has 0 saturated carbocycles. The molecule has 2 aromatic heterocycles. The second-order valence-electron chi connectivity index (χ2n) is 4.76. The molecule has 0 N–H and O–H groups in total. The Morgan fingerprint density at radius 3 is 2.91 bits per heavy atom. The second-order valence-corrected chi connectivity index (χ2v) is 5.70. The summed E-state index contributed by atoms with van der Waals surface area (Å²) in [5.41, 5.74) is 1.12. The lowest BCUT2D eigenvalue weighted by atomic mass is 10.3. The van der Waals surface area contributed by atoms with Crippen molar-refractivity contribution in [3.8, 4) is 5.69 Å². The molecule has 2 heterocycles. The van der Waals surface area contributed by atoms with Crippen molar-refractivity contribution in [1.82, 2.24) is 14.8 Å². The summed E-state index contributed by atoms with van der Waals surface area (Å²) < 4.78 is 20.2. The zero-order chi connectivity index (χ0) is 16.2. The van der Waals surface area contributed by atoms with E-state index < -0.39 is 11.8 Å². The number of benzene rings is 1. The van der Waals surface area contributed by atoms with Gasteiger partial charge in [0.2, 0.25) is 0 Å². The third kappa shape index (κ3) is 3.45. The highest BCUT2D eigenvalue weighted by Crippen LogP contribution is 2.14. The Morgan fingerprint density at radius 2 is 2.17 bits per heavy atom. The third-order valence-corrected chi connectivity index (χ3v) is 4.19. The van der Waals surface area contributed by atoms with Crippen molar-refractivity contribution in [3.05, 3.63) is 64.1 Å². The topological polar surface area (TPSA) is 57.0 Å². The molecule has 0 fully saturated rings. The van der Waals surface area contributed by atoms with Gasteiger partial charge in [-0.15, -0.1) is 11.3 Å². The van der Waals surface area contributed by atoms with Crippen molar-refractivity contribution in [2.24, 2.45) is 0 Å². The Labute approximate surface area is 136 Å². The van der Waals surface area contributed by atoms with Crippen LogP contribution < -0.4 is 0 Å². The van der Waals surface area contributed by atoms with Gasteiger partial charge in [-0.2, -0.15) is 5.10 Å². The van der Waals surface area contributed by atoms with Crippen molar-refractivity contribution in [3.63, 3.8) is 0 Å². The van der Waals surface area contributed by atoms with Crippen LogP contribution in [0.15, 0.2) is 41.9 Å². The minimum atomic E-state index is -0.564. The van der Waals surface area contributed by atoms with Crippen LogP contribution in [0.25, 0.3) is 5.69 Å². The van der Waals surface area contributed by atoms with Crippen LogP contribution in [0.3, 0.4) is 0 Å². The van der Waals surface area contributed by atoms with E-state index in [4.69, 9.17) is 4.74 Å². The standard InChI is InChI=1S/C16H14FN3O2S/c1-2-15-18-11(10-23-15)9-22-16(21)13-7-8-20(19-13)14-6-4-3-5-12(14)17/h3-8,10H,2,9H2,1H3. The first-order chi connectivity index (χ1) is 11.2. The first-order valence-electron chi connectivity index (χ1n) is 7.08. The van der Waals surface area contributed by atoms with E-state index in [0.717, 1.165) is 11.4 Å². The van der Waals surface area contributed by atoms with E-state index in [1.807, 2.05) is 12.3 Å². The molecular formula is C16H14FN3O2S. The maximum atomic E-state index is 13.7. The van der Waals surface area contributed by atoms with E-state index in [1.165, 1.54) is 34.3 Å². The van der Waals surface area contributed by atoms with Crippen LogP contribution in [0.5, 0.6) is 0 Å². The molecule has 0 bridgehead atoms. The van der Waals surface area contributed by atoms with Crippen LogP contribution in [-0.4, -0.2) is 20.7 Å². The lowest BCUT2D eigenvalue weighted by molar-refractivity contribution is 0.0460. The van der Waals surface area contributed by atoms with E-state index in [-0.39, 0.29) is 18.0 Å². The van der Waals surface area contributed by atoms with Gasteiger partial charge < -0.3 is 4.74 Å². The SMILES string of the molecule is CCc1nc(COC(=O)c2ccn(-c3ccccc3F)n2)cs1. The maximum absolute atomic E-state index is 13.7. The lowest BCUT2D eigenvalue weighted by Gasteiger charge is -2.02. The quantitative estimate of drug-likeness (QED) is 0.673. The van der Waals surface area contributed by atoms with Crippen LogP contribution in [0, 0.1) is 5.82 Å². The van der Waals surface area contributed by atoms with E-state index in [1.54, 1.807) is 18.2 Å². The van der Waals surface area contributed by atoms with Gasteiger partial charge >= 0.3 is 5.97 Å². The molecule has 0 aliphatic rings. The Bertz CT molecular complexity index is 828. The van der Waals surface area contributed by atoms with E-state index in [2.05, 4.69) is 10.1 Å². The first kappa shape index (κ1) is 15.4. The highest BCUT2D eigenvalue weighted by Gasteiger charge is 2.14. The maximum Gasteiger partial charge on any atom is 0.359 e. The summed E-state index contributed by atoms with van der Waals surface area (Å²) in [5, 5.41) is 6.92. The molecular weight excluding hydrogens is 317 g/mol. The fourth-order valence-corrected chi connectivity index (χ4v) is 2.72. The summed E-state index contributed by atoms with van der Waals surface area (Å²) in [7, 11) is 0. The Hall–Kier alpha value is -2.54. The highest BCUT2D eigenvalue weighted by molar-refractivity contribution is 7.09. The number of hydrogen-bond acceptors (Lipinski definition) is 5. The van der Waals surface area contributed by atoms with Crippen molar-refractivity contribution < 1.29 is 13.9 Å². The number of ether oxygens (including phenoxy) is 1. The fraction of sp³-hybridized carbons (Fsp3) is 0.188. The van der Waals surface area contributed by atoms with Gasteiger partial charge in [0.25, 0.3) is 0 Å². The van der Waals surface area contributed by atoms with Crippen molar-refractivity contribution in [1.29, 1.82) is 0 Å². The molecule has 3 aromatic rings. The Morgan fingerprint density at radius 1 is 1.35 bits per heavy atom. The molecule has 0 aliphatic carbocycles. The number of thiazole rings is 1. The predicted octanol–water partition coefficient (Wildman–Crippen LogP) is 3.39. The molecule has 0 aliphatic heterocycles. The van der Waals surface area contributed by atoms with Gasteiger partial charge in [-0.05, 0) is 24.6 Å². The van der Waals surface area contributed by atoms with Gasteiger partial charge in [0.15, 0.2) is 5.69 Å². The Balaban J connectivity index is 1.68. The molecule has 1 aromatic carbocycles. The molecule has 0 atom stereocenters. The lowest BCUT2D eigenvalue weighted by Crippen LogP contribution is -2.08. The van der Waals surface area contributed by atoms with Gasteiger partial charge in [-0.1, -0.05) is 19.1 Å². The first-order valence-corrected chi connectivity index (χ1v) is 7.96. The molecule has 0 amide bonds. The zero-order valence-corrected chi connectivity index (χ0v) is 13.2.